The fourth-order valence-electron chi connectivity index (χ4n) is 1.72. The zero-order valence-corrected chi connectivity index (χ0v) is 9.61. The fourth-order valence-corrected chi connectivity index (χ4v) is 1.72. The van der Waals surface area contributed by atoms with Crippen molar-refractivity contribution in [3.05, 3.63) is 35.9 Å². The maximum Gasteiger partial charge on any atom is 0.0584 e. The van der Waals surface area contributed by atoms with Gasteiger partial charge in [0.2, 0.25) is 0 Å². The largest absolute Gasteiger partial charge is 0.395 e. The van der Waals surface area contributed by atoms with Gasteiger partial charge in [-0.05, 0) is 18.4 Å². The zero-order valence-electron chi connectivity index (χ0n) is 9.61. The number of nitrogens with one attached hydrogen (secondary N) is 1. The van der Waals surface area contributed by atoms with Gasteiger partial charge in [-0.25, -0.2) is 0 Å². The van der Waals surface area contributed by atoms with Crippen LogP contribution in [0.1, 0.15) is 38.3 Å². The summed E-state index contributed by atoms with van der Waals surface area (Å²) in [4.78, 5) is 0. The summed E-state index contributed by atoms with van der Waals surface area (Å²) in [5, 5.41) is 12.6. The molecule has 0 amide bonds. The second-order valence-electron chi connectivity index (χ2n) is 3.83. The predicted molar refractivity (Wildman–Crippen MR) is 63.8 cm³/mol. The first-order valence-electron chi connectivity index (χ1n) is 5.73. The second kappa shape index (κ2) is 6.59. The number of rotatable bonds is 6. The first kappa shape index (κ1) is 12.2. The van der Waals surface area contributed by atoms with Crippen molar-refractivity contribution < 1.29 is 5.11 Å². The molecule has 1 aromatic carbocycles. The third-order valence-electron chi connectivity index (χ3n) is 2.76. The highest BCUT2D eigenvalue weighted by molar-refractivity contribution is 5.18. The summed E-state index contributed by atoms with van der Waals surface area (Å²) in [5.74, 6) is 0. The molecule has 1 rings (SSSR count). The average molecular weight is 207 g/mol. The Hall–Kier alpha value is -0.860. The Morgan fingerprint density at radius 2 is 1.80 bits per heavy atom. The van der Waals surface area contributed by atoms with E-state index in [1.165, 1.54) is 5.56 Å². The highest BCUT2D eigenvalue weighted by Crippen LogP contribution is 2.16. The Bertz CT molecular complexity index is 256. The summed E-state index contributed by atoms with van der Waals surface area (Å²) < 4.78 is 0. The molecule has 0 aliphatic rings. The Balaban J connectivity index is 2.64. The summed E-state index contributed by atoms with van der Waals surface area (Å²) in [6.07, 6.45) is 2.00. The van der Waals surface area contributed by atoms with E-state index in [0.29, 0.717) is 6.04 Å². The van der Waals surface area contributed by atoms with E-state index in [2.05, 4.69) is 43.4 Å². The van der Waals surface area contributed by atoms with E-state index in [1.54, 1.807) is 0 Å². The predicted octanol–water partition coefficient (Wildman–Crippen LogP) is 2.50. The van der Waals surface area contributed by atoms with Crippen LogP contribution in [-0.4, -0.2) is 17.8 Å². The third-order valence-corrected chi connectivity index (χ3v) is 2.76. The lowest BCUT2D eigenvalue weighted by atomic mass is 10.0. The first-order valence-corrected chi connectivity index (χ1v) is 5.73. The number of benzene rings is 1. The maximum absolute atomic E-state index is 9.15. The van der Waals surface area contributed by atoms with Crippen LogP contribution in [0.5, 0.6) is 0 Å². The van der Waals surface area contributed by atoms with E-state index < -0.39 is 0 Å². The summed E-state index contributed by atoms with van der Waals surface area (Å²) in [5.41, 5.74) is 1.30. The lowest BCUT2D eigenvalue weighted by Gasteiger charge is -2.23. The molecule has 0 bridgehead atoms. The topological polar surface area (TPSA) is 32.3 Å². The van der Waals surface area contributed by atoms with Crippen molar-refractivity contribution in [2.24, 2.45) is 0 Å². The highest BCUT2D eigenvalue weighted by Gasteiger charge is 2.12. The SMILES string of the molecule is CCC(N[C@@H](CC)CO)c1ccccc1. The molecule has 84 valence electrons. The van der Waals surface area contributed by atoms with Crippen molar-refractivity contribution >= 4 is 0 Å². The van der Waals surface area contributed by atoms with Gasteiger partial charge in [0, 0.05) is 12.1 Å². The lowest BCUT2D eigenvalue weighted by molar-refractivity contribution is 0.226. The van der Waals surface area contributed by atoms with E-state index in [9.17, 15) is 0 Å². The molecule has 0 aliphatic carbocycles. The Morgan fingerprint density at radius 1 is 1.13 bits per heavy atom. The van der Waals surface area contributed by atoms with E-state index in [4.69, 9.17) is 5.11 Å². The number of hydrogen-bond donors (Lipinski definition) is 2. The number of aliphatic hydroxyl groups excluding tert-OH is 1. The van der Waals surface area contributed by atoms with Gasteiger partial charge in [0.05, 0.1) is 6.61 Å². The van der Waals surface area contributed by atoms with Crippen LogP contribution in [0.3, 0.4) is 0 Å². The van der Waals surface area contributed by atoms with Gasteiger partial charge in [-0.3, -0.25) is 0 Å². The average Bonchev–Trinajstić information content (AvgIpc) is 2.32. The Morgan fingerprint density at radius 3 is 2.27 bits per heavy atom. The van der Waals surface area contributed by atoms with Crippen molar-refractivity contribution in [3.8, 4) is 0 Å². The van der Waals surface area contributed by atoms with Crippen LogP contribution in [0, 0.1) is 0 Å². The Labute approximate surface area is 92.3 Å². The molecule has 1 aromatic rings. The van der Waals surface area contributed by atoms with Gasteiger partial charge in [-0.15, -0.1) is 0 Å². The van der Waals surface area contributed by atoms with Gasteiger partial charge in [-0.2, -0.15) is 0 Å². The minimum absolute atomic E-state index is 0.204. The minimum Gasteiger partial charge on any atom is -0.395 e. The fraction of sp³-hybridized carbons (Fsp3) is 0.538. The van der Waals surface area contributed by atoms with Crippen LogP contribution >= 0.6 is 0 Å². The summed E-state index contributed by atoms with van der Waals surface area (Å²) in [6, 6.07) is 11.0. The molecule has 0 fully saturated rings. The van der Waals surface area contributed by atoms with Crippen LogP contribution in [0.25, 0.3) is 0 Å². The lowest BCUT2D eigenvalue weighted by Crippen LogP contribution is -2.34. The molecule has 2 nitrogen and oxygen atoms in total. The van der Waals surface area contributed by atoms with Gasteiger partial charge in [0.25, 0.3) is 0 Å². The van der Waals surface area contributed by atoms with Gasteiger partial charge in [-0.1, -0.05) is 44.2 Å². The molecule has 1 unspecified atom stereocenters. The van der Waals surface area contributed by atoms with E-state index in [0.717, 1.165) is 12.8 Å². The number of aliphatic hydroxyl groups is 1. The summed E-state index contributed by atoms with van der Waals surface area (Å²) in [7, 11) is 0. The van der Waals surface area contributed by atoms with Crippen LogP contribution in [0.15, 0.2) is 30.3 Å². The van der Waals surface area contributed by atoms with Crippen LogP contribution in [-0.2, 0) is 0 Å². The van der Waals surface area contributed by atoms with Crippen molar-refractivity contribution in [2.45, 2.75) is 38.8 Å². The molecule has 0 saturated carbocycles. The normalized spacial score (nSPS) is 14.9. The van der Waals surface area contributed by atoms with Gasteiger partial charge < -0.3 is 10.4 Å². The summed E-state index contributed by atoms with van der Waals surface area (Å²) in [6.45, 7) is 4.46. The van der Waals surface area contributed by atoms with E-state index >= 15 is 0 Å². The molecule has 0 aromatic heterocycles. The molecule has 0 radical (unpaired) electrons. The molecule has 2 N–H and O–H groups in total. The van der Waals surface area contributed by atoms with Gasteiger partial charge in [0.1, 0.15) is 0 Å². The van der Waals surface area contributed by atoms with Gasteiger partial charge >= 0.3 is 0 Å². The summed E-state index contributed by atoms with van der Waals surface area (Å²) >= 11 is 0. The van der Waals surface area contributed by atoms with Crippen molar-refractivity contribution in [1.82, 2.24) is 5.32 Å². The first-order chi connectivity index (χ1) is 7.31. The molecule has 0 heterocycles. The van der Waals surface area contributed by atoms with Crippen LogP contribution < -0.4 is 5.32 Å². The van der Waals surface area contributed by atoms with E-state index in [1.807, 2.05) is 6.07 Å². The highest BCUT2D eigenvalue weighted by atomic mass is 16.3. The van der Waals surface area contributed by atoms with Gasteiger partial charge in [0.15, 0.2) is 0 Å². The van der Waals surface area contributed by atoms with Crippen molar-refractivity contribution in [1.29, 1.82) is 0 Å². The van der Waals surface area contributed by atoms with E-state index in [-0.39, 0.29) is 12.6 Å². The standard InChI is InChI=1S/C13H21NO/c1-3-12(10-15)14-13(4-2)11-8-6-5-7-9-11/h5-9,12-15H,3-4,10H2,1-2H3/t12-,13?/m0/s1. The maximum atomic E-state index is 9.15. The van der Waals surface area contributed by atoms with Crippen molar-refractivity contribution in [2.75, 3.05) is 6.61 Å². The van der Waals surface area contributed by atoms with Crippen LogP contribution in [0.4, 0.5) is 0 Å². The number of hydrogen-bond acceptors (Lipinski definition) is 2. The molecular weight excluding hydrogens is 186 g/mol. The van der Waals surface area contributed by atoms with Crippen LogP contribution in [0.2, 0.25) is 0 Å². The minimum atomic E-state index is 0.204. The molecule has 0 aliphatic heterocycles. The Kier molecular flexibility index (Phi) is 5.37. The third kappa shape index (κ3) is 3.65. The second-order valence-corrected chi connectivity index (χ2v) is 3.83. The molecule has 2 atom stereocenters. The molecule has 0 spiro atoms. The quantitative estimate of drug-likeness (QED) is 0.751. The van der Waals surface area contributed by atoms with Crippen molar-refractivity contribution in [3.63, 3.8) is 0 Å². The molecular formula is C13H21NO. The molecule has 15 heavy (non-hydrogen) atoms. The smallest absolute Gasteiger partial charge is 0.0584 e. The zero-order chi connectivity index (χ0) is 11.1. The molecule has 0 saturated heterocycles. The molecule has 2 heteroatoms. The monoisotopic (exact) mass is 207 g/mol.